The molecule has 5 heteroatoms. The molecule has 0 aliphatic carbocycles. The van der Waals surface area contributed by atoms with Crippen LogP contribution in [0.5, 0.6) is 5.75 Å². The Balaban J connectivity index is 1.91. The third-order valence-corrected chi connectivity index (χ3v) is 4.06. The van der Waals surface area contributed by atoms with Gasteiger partial charge in [-0.05, 0) is 44.0 Å². The second-order valence-corrected chi connectivity index (χ2v) is 6.37. The minimum Gasteiger partial charge on any atom is -0.484 e. The molecule has 0 atom stereocenters. The number of aryl methyl sites for hydroxylation is 3. The molecule has 138 valence electrons. The summed E-state index contributed by atoms with van der Waals surface area (Å²) in [5.74, 6) is 0.392. The zero-order chi connectivity index (χ0) is 19.1. The van der Waals surface area contributed by atoms with Crippen LogP contribution >= 0.6 is 0 Å². The van der Waals surface area contributed by atoms with Crippen LogP contribution in [0.2, 0.25) is 0 Å². The van der Waals surface area contributed by atoms with Gasteiger partial charge in [0.05, 0.1) is 0 Å². The number of ether oxygens (including phenoxy) is 1. The molecule has 0 saturated carbocycles. The maximum absolute atomic E-state index is 12.1. The Morgan fingerprint density at radius 1 is 1.04 bits per heavy atom. The van der Waals surface area contributed by atoms with Gasteiger partial charge >= 0.3 is 0 Å². The smallest absolute Gasteiger partial charge is 0.258 e. The number of nitrogens with zero attached hydrogens (tertiary/aromatic N) is 1. The molecule has 0 fully saturated rings. The standard InChI is InChI=1S/C21H26N2O3/c1-15-12-16(2)21(17(3)13-15)23(18(4)24)11-10-22-20(25)14-26-19-8-6-5-7-9-19/h5-9,12-13H,10-11,14H2,1-4H3,(H,22,25). The van der Waals surface area contributed by atoms with Crippen molar-refractivity contribution in [3.8, 4) is 5.75 Å². The zero-order valence-electron chi connectivity index (χ0n) is 15.8. The van der Waals surface area contributed by atoms with Crippen molar-refractivity contribution < 1.29 is 14.3 Å². The molecule has 5 nitrogen and oxygen atoms in total. The molecule has 26 heavy (non-hydrogen) atoms. The quantitative estimate of drug-likeness (QED) is 0.831. The Kier molecular flexibility index (Phi) is 6.78. The van der Waals surface area contributed by atoms with Gasteiger partial charge in [-0.25, -0.2) is 0 Å². The molecule has 1 N–H and O–H groups in total. The summed E-state index contributed by atoms with van der Waals surface area (Å²) in [6, 6.07) is 13.3. The van der Waals surface area contributed by atoms with E-state index < -0.39 is 0 Å². The van der Waals surface area contributed by atoms with Gasteiger partial charge in [-0.2, -0.15) is 0 Å². The lowest BCUT2D eigenvalue weighted by Crippen LogP contribution is -2.39. The van der Waals surface area contributed by atoms with E-state index in [-0.39, 0.29) is 18.4 Å². The number of rotatable bonds is 7. The van der Waals surface area contributed by atoms with Gasteiger partial charge in [0.1, 0.15) is 5.75 Å². The van der Waals surface area contributed by atoms with Crippen molar-refractivity contribution >= 4 is 17.5 Å². The van der Waals surface area contributed by atoms with Gasteiger partial charge in [0.25, 0.3) is 5.91 Å². The summed E-state index contributed by atoms with van der Waals surface area (Å²) in [6.07, 6.45) is 0. The van der Waals surface area contributed by atoms with Gasteiger partial charge in [-0.1, -0.05) is 35.9 Å². The number of para-hydroxylation sites is 1. The van der Waals surface area contributed by atoms with E-state index in [1.807, 2.05) is 39.0 Å². The van der Waals surface area contributed by atoms with Crippen molar-refractivity contribution in [2.45, 2.75) is 27.7 Å². The number of amides is 2. The van der Waals surface area contributed by atoms with E-state index in [9.17, 15) is 9.59 Å². The van der Waals surface area contributed by atoms with Crippen LogP contribution in [0.1, 0.15) is 23.6 Å². The van der Waals surface area contributed by atoms with Crippen LogP contribution in [0.15, 0.2) is 42.5 Å². The summed E-state index contributed by atoms with van der Waals surface area (Å²) >= 11 is 0. The summed E-state index contributed by atoms with van der Waals surface area (Å²) in [5, 5.41) is 2.80. The van der Waals surface area contributed by atoms with E-state index in [1.165, 1.54) is 5.56 Å². The van der Waals surface area contributed by atoms with Gasteiger partial charge in [0.15, 0.2) is 6.61 Å². The molecule has 0 aromatic heterocycles. The van der Waals surface area contributed by atoms with Crippen molar-refractivity contribution in [2.75, 3.05) is 24.6 Å². The monoisotopic (exact) mass is 354 g/mol. The summed E-state index contributed by atoms with van der Waals surface area (Å²) in [6.45, 7) is 8.30. The van der Waals surface area contributed by atoms with Crippen LogP contribution in [0, 0.1) is 20.8 Å². The Hall–Kier alpha value is -2.82. The van der Waals surface area contributed by atoms with Gasteiger partial charge in [0, 0.05) is 25.7 Å². The molecular formula is C21H26N2O3. The Labute approximate surface area is 155 Å². The van der Waals surface area contributed by atoms with Gasteiger partial charge < -0.3 is 15.0 Å². The number of nitrogens with one attached hydrogen (secondary N) is 1. The van der Waals surface area contributed by atoms with Crippen LogP contribution < -0.4 is 15.0 Å². The molecule has 0 aliphatic rings. The van der Waals surface area contributed by atoms with E-state index >= 15 is 0 Å². The normalized spacial score (nSPS) is 10.3. The SMILES string of the molecule is CC(=O)N(CCNC(=O)COc1ccccc1)c1c(C)cc(C)cc1C. The highest BCUT2D eigenvalue weighted by Gasteiger charge is 2.16. The molecule has 0 aliphatic heterocycles. The highest BCUT2D eigenvalue weighted by molar-refractivity contribution is 5.93. The minimum absolute atomic E-state index is 0.0464. The first-order valence-electron chi connectivity index (χ1n) is 8.69. The lowest BCUT2D eigenvalue weighted by molar-refractivity contribution is -0.123. The number of anilines is 1. The van der Waals surface area contributed by atoms with Crippen LogP contribution in [0.25, 0.3) is 0 Å². The first-order chi connectivity index (χ1) is 12.4. The van der Waals surface area contributed by atoms with E-state index in [4.69, 9.17) is 4.74 Å². The van der Waals surface area contributed by atoms with Crippen molar-refractivity contribution in [3.05, 3.63) is 59.2 Å². The largest absolute Gasteiger partial charge is 0.484 e. The summed E-state index contributed by atoms with van der Waals surface area (Å²) in [7, 11) is 0. The molecule has 2 aromatic carbocycles. The van der Waals surface area contributed by atoms with Crippen LogP contribution in [0.4, 0.5) is 5.69 Å². The first kappa shape index (κ1) is 19.5. The average molecular weight is 354 g/mol. The van der Waals surface area contributed by atoms with Crippen LogP contribution in [-0.2, 0) is 9.59 Å². The van der Waals surface area contributed by atoms with Crippen molar-refractivity contribution in [2.24, 2.45) is 0 Å². The van der Waals surface area contributed by atoms with E-state index in [0.717, 1.165) is 16.8 Å². The third kappa shape index (κ3) is 5.34. The molecule has 0 heterocycles. The summed E-state index contributed by atoms with van der Waals surface area (Å²) in [5.41, 5.74) is 4.18. The fourth-order valence-corrected chi connectivity index (χ4v) is 3.05. The fourth-order valence-electron chi connectivity index (χ4n) is 3.05. The van der Waals surface area contributed by atoms with E-state index in [0.29, 0.717) is 18.8 Å². The number of carbonyl (C=O) groups is 2. The highest BCUT2D eigenvalue weighted by Crippen LogP contribution is 2.26. The number of carbonyl (C=O) groups excluding carboxylic acids is 2. The molecule has 2 aromatic rings. The maximum Gasteiger partial charge on any atom is 0.258 e. The molecule has 0 bridgehead atoms. The lowest BCUT2D eigenvalue weighted by atomic mass is 10.0. The molecule has 0 spiro atoms. The highest BCUT2D eigenvalue weighted by atomic mass is 16.5. The Morgan fingerprint density at radius 2 is 1.65 bits per heavy atom. The van der Waals surface area contributed by atoms with Crippen molar-refractivity contribution in [1.29, 1.82) is 0 Å². The Morgan fingerprint density at radius 3 is 2.23 bits per heavy atom. The summed E-state index contributed by atoms with van der Waals surface area (Å²) < 4.78 is 5.42. The van der Waals surface area contributed by atoms with Crippen LogP contribution in [-0.4, -0.2) is 31.5 Å². The second kappa shape index (κ2) is 9.04. The Bertz CT molecular complexity index is 749. The third-order valence-electron chi connectivity index (χ3n) is 4.06. The van der Waals surface area contributed by atoms with Gasteiger partial charge in [-0.15, -0.1) is 0 Å². The first-order valence-corrected chi connectivity index (χ1v) is 8.69. The van der Waals surface area contributed by atoms with Gasteiger partial charge in [-0.3, -0.25) is 9.59 Å². The molecule has 0 saturated heterocycles. The average Bonchev–Trinajstić information content (AvgIpc) is 2.58. The zero-order valence-corrected chi connectivity index (χ0v) is 15.8. The van der Waals surface area contributed by atoms with Gasteiger partial charge in [0.2, 0.25) is 5.91 Å². The number of benzene rings is 2. The van der Waals surface area contributed by atoms with E-state index in [1.54, 1.807) is 24.0 Å². The molecule has 2 rings (SSSR count). The molecule has 0 unspecified atom stereocenters. The van der Waals surface area contributed by atoms with E-state index in [2.05, 4.69) is 17.4 Å². The summed E-state index contributed by atoms with van der Waals surface area (Å²) in [4.78, 5) is 25.8. The fraction of sp³-hybridized carbons (Fsp3) is 0.333. The van der Waals surface area contributed by atoms with Crippen LogP contribution in [0.3, 0.4) is 0 Å². The molecule has 2 amide bonds. The maximum atomic E-state index is 12.1. The second-order valence-electron chi connectivity index (χ2n) is 6.37. The van der Waals surface area contributed by atoms with Crippen molar-refractivity contribution in [1.82, 2.24) is 5.32 Å². The predicted octanol–water partition coefficient (Wildman–Crippen LogP) is 3.16. The lowest BCUT2D eigenvalue weighted by Gasteiger charge is -2.25. The molecular weight excluding hydrogens is 328 g/mol. The van der Waals surface area contributed by atoms with Crippen molar-refractivity contribution in [3.63, 3.8) is 0 Å². The molecule has 0 radical (unpaired) electrons. The minimum atomic E-state index is -0.213. The predicted molar refractivity (Wildman–Crippen MR) is 104 cm³/mol. The number of hydrogen-bond donors (Lipinski definition) is 1. The topological polar surface area (TPSA) is 58.6 Å². The number of hydrogen-bond acceptors (Lipinski definition) is 3.